The highest BCUT2D eigenvalue weighted by Gasteiger charge is 2.27. The van der Waals surface area contributed by atoms with Crippen LogP contribution in [0.3, 0.4) is 0 Å². The summed E-state index contributed by atoms with van der Waals surface area (Å²) in [5.41, 5.74) is 7.35. The fourth-order valence-electron chi connectivity index (χ4n) is 3.16. The van der Waals surface area contributed by atoms with Crippen LogP contribution in [0.2, 0.25) is 0 Å². The molecule has 0 heterocycles. The Morgan fingerprint density at radius 3 is 1.93 bits per heavy atom. The van der Waals surface area contributed by atoms with E-state index in [1.807, 2.05) is 12.1 Å². The van der Waals surface area contributed by atoms with E-state index in [9.17, 15) is 24.5 Å². The van der Waals surface area contributed by atoms with Crippen molar-refractivity contribution >= 4 is 23.3 Å². The van der Waals surface area contributed by atoms with Crippen molar-refractivity contribution in [3.05, 3.63) is 99.1 Å². The van der Waals surface area contributed by atoms with Crippen LogP contribution in [0.5, 0.6) is 0 Å². The summed E-state index contributed by atoms with van der Waals surface area (Å²) >= 11 is 0. The molecule has 8 nitrogen and oxygen atoms in total. The molecule has 0 saturated heterocycles. The summed E-state index contributed by atoms with van der Waals surface area (Å²) in [6.07, 6.45) is 0. The summed E-state index contributed by atoms with van der Waals surface area (Å²) in [5.74, 6) is -1.37. The van der Waals surface area contributed by atoms with Crippen molar-refractivity contribution in [3.8, 4) is 11.1 Å². The highest BCUT2D eigenvalue weighted by atomic mass is 16.6. The fourth-order valence-corrected chi connectivity index (χ4v) is 3.16. The second-order valence-electron chi connectivity index (χ2n) is 6.35. The molecule has 0 bridgehead atoms. The van der Waals surface area contributed by atoms with Gasteiger partial charge in [-0.2, -0.15) is 0 Å². The van der Waals surface area contributed by atoms with Crippen LogP contribution >= 0.6 is 0 Å². The van der Waals surface area contributed by atoms with E-state index in [0.717, 1.165) is 11.1 Å². The van der Waals surface area contributed by atoms with E-state index in [2.05, 4.69) is 10.9 Å². The zero-order valence-electron chi connectivity index (χ0n) is 14.8. The Bertz CT molecular complexity index is 1190. The van der Waals surface area contributed by atoms with Gasteiger partial charge >= 0.3 is 0 Å². The van der Waals surface area contributed by atoms with Crippen molar-refractivity contribution in [1.29, 1.82) is 0 Å². The number of benzene rings is 3. The molecule has 0 aromatic heterocycles. The number of hydrogen-bond acceptors (Lipinski definition) is 5. The van der Waals surface area contributed by atoms with Crippen LogP contribution in [0.4, 0.5) is 5.69 Å². The Hall–Kier alpha value is -4.33. The van der Waals surface area contributed by atoms with E-state index in [0.29, 0.717) is 11.1 Å². The summed E-state index contributed by atoms with van der Waals surface area (Å²) in [4.78, 5) is 47.1. The van der Waals surface area contributed by atoms with Gasteiger partial charge in [-0.25, -0.2) is 0 Å². The van der Waals surface area contributed by atoms with Crippen LogP contribution in [-0.2, 0) is 0 Å². The molecule has 0 fully saturated rings. The largest absolute Gasteiger partial charge is 0.289 e. The SMILES string of the molecule is O=C(NNC(=O)c1ccc2c(c1)C(=O)c1ccccc1-2)c1ccc([N+](=O)[O-])cc1. The molecule has 0 atom stereocenters. The number of ketones is 1. The number of nitrogens with one attached hydrogen (secondary N) is 2. The van der Waals surface area contributed by atoms with Crippen molar-refractivity contribution in [2.24, 2.45) is 0 Å². The number of nitro benzene ring substituents is 1. The zero-order valence-corrected chi connectivity index (χ0v) is 14.8. The maximum absolute atomic E-state index is 12.5. The van der Waals surface area contributed by atoms with Crippen molar-refractivity contribution in [2.45, 2.75) is 0 Å². The van der Waals surface area contributed by atoms with Gasteiger partial charge in [0.05, 0.1) is 4.92 Å². The maximum atomic E-state index is 12.5. The van der Waals surface area contributed by atoms with Crippen molar-refractivity contribution in [2.75, 3.05) is 0 Å². The average molecular weight is 387 g/mol. The number of hydrogen-bond donors (Lipinski definition) is 2. The second-order valence-corrected chi connectivity index (χ2v) is 6.35. The molecule has 2 N–H and O–H groups in total. The van der Waals surface area contributed by atoms with Crippen LogP contribution < -0.4 is 10.9 Å². The lowest BCUT2D eigenvalue weighted by Gasteiger charge is -2.08. The second kappa shape index (κ2) is 7.01. The Balaban J connectivity index is 1.46. The first-order chi connectivity index (χ1) is 14.0. The van der Waals surface area contributed by atoms with Crippen molar-refractivity contribution < 1.29 is 19.3 Å². The zero-order chi connectivity index (χ0) is 20.5. The molecule has 0 unspecified atom stereocenters. The maximum Gasteiger partial charge on any atom is 0.269 e. The standard InChI is InChI=1S/C21H13N3O5/c25-19-17-4-2-1-3-15(17)16-10-7-13(11-18(16)19)21(27)23-22-20(26)12-5-8-14(9-6-12)24(28)29/h1-11H,(H,22,26)(H,23,27). The Morgan fingerprint density at radius 2 is 1.28 bits per heavy atom. The third-order valence-electron chi connectivity index (χ3n) is 4.62. The molecule has 8 heteroatoms. The van der Waals surface area contributed by atoms with Gasteiger partial charge in [-0.05, 0) is 35.4 Å². The number of nitrogens with zero attached hydrogens (tertiary/aromatic N) is 1. The summed E-state index contributed by atoms with van der Waals surface area (Å²) in [7, 11) is 0. The molecular weight excluding hydrogens is 374 g/mol. The molecule has 1 aliphatic rings. The highest BCUT2D eigenvalue weighted by Crippen LogP contribution is 2.36. The number of fused-ring (bicyclic) bond motifs is 3. The molecule has 4 rings (SSSR count). The molecule has 0 saturated carbocycles. The van der Waals surface area contributed by atoms with Crippen LogP contribution in [0.1, 0.15) is 36.6 Å². The average Bonchev–Trinajstić information content (AvgIpc) is 3.04. The number of carbonyl (C=O) groups is 3. The van der Waals surface area contributed by atoms with E-state index in [1.165, 1.54) is 30.3 Å². The minimum absolute atomic E-state index is 0.144. The van der Waals surface area contributed by atoms with E-state index in [4.69, 9.17) is 0 Å². The minimum Gasteiger partial charge on any atom is -0.289 e. The minimum atomic E-state index is -0.627. The predicted octanol–water partition coefficient (Wildman–Crippen LogP) is 2.88. The van der Waals surface area contributed by atoms with E-state index >= 15 is 0 Å². The Kier molecular flexibility index (Phi) is 4.36. The van der Waals surface area contributed by atoms with E-state index in [-0.39, 0.29) is 22.6 Å². The Labute approximate surface area is 164 Å². The Morgan fingerprint density at radius 1 is 0.724 bits per heavy atom. The lowest BCUT2D eigenvalue weighted by molar-refractivity contribution is -0.384. The first-order valence-electron chi connectivity index (χ1n) is 8.59. The number of nitro groups is 1. The number of hydrazine groups is 1. The smallest absolute Gasteiger partial charge is 0.269 e. The lowest BCUT2D eigenvalue weighted by atomic mass is 10.0. The number of carbonyl (C=O) groups excluding carboxylic acids is 3. The van der Waals surface area contributed by atoms with Gasteiger partial charge in [0.15, 0.2) is 5.78 Å². The number of rotatable bonds is 3. The highest BCUT2D eigenvalue weighted by molar-refractivity contribution is 6.22. The van der Waals surface area contributed by atoms with Gasteiger partial charge in [0.1, 0.15) is 0 Å². The van der Waals surface area contributed by atoms with Gasteiger partial charge in [0.25, 0.3) is 17.5 Å². The van der Waals surface area contributed by atoms with Gasteiger partial charge in [-0.15, -0.1) is 0 Å². The summed E-state index contributed by atoms with van der Waals surface area (Å²) < 4.78 is 0. The van der Waals surface area contributed by atoms with Gasteiger partial charge in [0, 0.05) is 34.4 Å². The normalized spacial score (nSPS) is 11.4. The summed E-state index contributed by atoms with van der Waals surface area (Å²) in [6.45, 7) is 0. The molecule has 3 aromatic rings. The van der Waals surface area contributed by atoms with Crippen LogP contribution in [0.25, 0.3) is 11.1 Å². The van der Waals surface area contributed by atoms with E-state index in [1.54, 1.807) is 24.3 Å². The van der Waals surface area contributed by atoms with Crippen molar-refractivity contribution in [1.82, 2.24) is 10.9 Å². The summed E-state index contributed by atoms with van der Waals surface area (Å²) in [6, 6.07) is 16.9. The van der Waals surface area contributed by atoms with E-state index < -0.39 is 16.7 Å². The predicted molar refractivity (Wildman–Crippen MR) is 103 cm³/mol. The molecule has 2 amide bonds. The molecule has 0 radical (unpaired) electrons. The lowest BCUT2D eigenvalue weighted by Crippen LogP contribution is -2.41. The molecular formula is C21H13N3O5. The molecule has 0 spiro atoms. The number of amides is 2. The molecule has 1 aliphatic carbocycles. The van der Waals surface area contributed by atoms with Gasteiger partial charge in [0.2, 0.25) is 0 Å². The van der Waals surface area contributed by atoms with Crippen LogP contribution in [0, 0.1) is 10.1 Å². The quantitative estimate of drug-likeness (QED) is 0.414. The molecule has 3 aromatic carbocycles. The van der Waals surface area contributed by atoms with Crippen LogP contribution in [0.15, 0.2) is 66.7 Å². The van der Waals surface area contributed by atoms with Crippen molar-refractivity contribution in [3.63, 3.8) is 0 Å². The number of non-ortho nitro benzene ring substituents is 1. The summed E-state index contributed by atoms with van der Waals surface area (Å²) in [5, 5.41) is 10.7. The van der Waals surface area contributed by atoms with Gasteiger partial charge in [-0.1, -0.05) is 30.3 Å². The third kappa shape index (κ3) is 3.23. The first kappa shape index (κ1) is 18.1. The molecule has 142 valence electrons. The first-order valence-corrected chi connectivity index (χ1v) is 8.59. The molecule has 29 heavy (non-hydrogen) atoms. The molecule has 0 aliphatic heterocycles. The third-order valence-corrected chi connectivity index (χ3v) is 4.62. The van der Waals surface area contributed by atoms with Crippen LogP contribution in [-0.4, -0.2) is 22.5 Å². The topological polar surface area (TPSA) is 118 Å². The van der Waals surface area contributed by atoms with Gasteiger partial charge < -0.3 is 0 Å². The fraction of sp³-hybridized carbons (Fsp3) is 0. The monoisotopic (exact) mass is 387 g/mol. The van der Waals surface area contributed by atoms with Gasteiger partial charge in [-0.3, -0.25) is 35.3 Å².